The lowest BCUT2D eigenvalue weighted by Crippen LogP contribution is -2.28. The number of aliphatic hydroxyl groups is 1. The fourth-order valence-corrected chi connectivity index (χ4v) is 1.64. The third kappa shape index (κ3) is 4.05. The van der Waals surface area contributed by atoms with Crippen molar-refractivity contribution in [3.05, 3.63) is 0 Å². The molecular formula is C10H21N3O2. The standard InChI is InChI=1S/C10H21N3O2/c1-8-6-13(2)10(12-8)11-5-4-9(14)7-15-3/h8-9,14H,4-7H2,1-3H3,(H,11,12). The number of aliphatic imine (C=N–C) groups is 1. The van der Waals surface area contributed by atoms with E-state index in [9.17, 15) is 5.11 Å². The summed E-state index contributed by atoms with van der Waals surface area (Å²) in [5.41, 5.74) is 0. The largest absolute Gasteiger partial charge is 0.391 e. The minimum Gasteiger partial charge on any atom is -0.391 e. The first-order valence-electron chi connectivity index (χ1n) is 5.32. The van der Waals surface area contributed by atoms with Gasteiger partial charge in [0, 0.05) is 33.3 Å². The molecule has 0 aromatic heterocycles. The van der Waals surface area contributed by atoms with Crippen LogP contribution in [0.4, 0.5) is 0 Å². The summed E-state index contributed by atoms with van der Waals surface area (Å²) in [4.78, 5) is 6.48. The zero-order chi connectivity index (χ0) is 11.3. The quantitative estimate of drug-likeness (QED) is 0.659. The van der Waals surface area contributed by atoms with E-state index in [4.69, 9.17) is 4.74 Å². The number of hydrogen-bond acceptors (Lipinski definition) is 3. The molecule has 5 nitrogen and oxygen atoms in total. The highest BCUT2D eigenvalue weighted by Crippen LogP contribution is 2.01. The summed E-state index contributed by atoms with van der Waals surface area (Å²) in [6.07, 6.45) is 0.227. The molecule has 2 unspecified atom stereocenters. The monoisotopic (exact) mass is 215 g/mol. The van der Waals surface area contributed by atoms with Gasteiger partial charge < -0.3 is 20.1 Å². The molecule has 1 aliphatic heterocycles. The van der Waals surface area contributed by atoms with Crippen LogP contribution < -0.4 is 5.32 Å². The van der Waals surface area contributed by atoms with Crippen LogP contribution in [0.3, 0.4) is 0 Å². The molecule has 15 heavy (non-hydrogen) atoms. The molecule has 0 bridgehead atoms. The molecule has 0 aromatic carbocycles. The van der Waals surface area contributed by atoms with Crippen molar-refractivity contribution in [2.45, 2.75) is 25.5 Å². The van der Waals surface area contributed by atoms with Crippen molar-refractivity contribution >= 4 is 5.96 Å². The van der Waals surface area contributed by atoms with Crippen molar-refractivity contribution in [2.24, 2.45) is 4.99 Å². The number of rotatable bonds is 5. The molecule has 5 heteroatoms. The Morgan fingerprint density at radius 1 is 1.73 bits per heavy atom. The molecule has 1 saturated heterocycles. The van der Waals surface area contributed by atoms with E-state index in [1.54, 1.807) is 7.11 Å². The first-order valence-corrected chi connectivity index (χ1v) is 5.32. The summed E-state index contributed by atoms with van der Waals surface area (Å²) in [5.74, 6) is 0.923. The fraction of sp³-hybridized carbons (Fsp3) is 0.900. The molecule has 0 aliphatic carbocycles. The number of guanidine groups is 1. The Morgan fingerprint density at radius 3 is 3.00 bits per heavy atom. The van der Waals surface area contributed by atoms with Gasteiger partial charge in [-0.1, -0.05) is 0 Å². The zero-order valence-electron chi connectivity index (χ0n) is 9.73. The summed E-state index contributed by atoms with van der Waals surface area (Å²) >= 11 is 0. The second-order valence-corrected chi connectivity index (χ2v) is 4.03. The van der Waals surface area contributed by atoms with Gasteiger partial charge in [0.25, 0.3) is 0 Å². The number of ether oxygens (including phenoxy) is 1. The summed E-state index contributed by atoms with van der Waals surface area (Å²) in [6.45, 7) is 4.12. The first kappa shape index (κ1) is 12.3. The smallest absolute Gasteiger partial charge is 0.194 e. The van der Waals surface area contributed by atoms with Gasteiger partial charge in [0.2, 0.25) is 0 Å². The molecule has 0 aromatic rings. The fourth-order valence-electron chi connectivity index (χ4n) is 1.64. The molecule has 0 spiro atoms. The predicted octanol–water partition coefficient (Wildman–Crippen LogP) is -0.337. The maximum Gasteiger partial charge on any atom is 0.194 e. The molecule has 0 radical (unpaired) electrons. The second-order valence-electron chi connectivity index (χ2n) is 4.03. The van der Waals surface area contributed by atoms with Crippen LogP contribution in [0.25, 0.3) is 0 Å². The van der Waals surface area contributed by atoms with Crippen LogP contribution >= 0.6 is 0 Å². The highest BCUT2D eigenvalue weighted by molar-refractivity contribution is 5.82. The third-order valence-corrected chi connectivity index (χ3v) is 2.37. The van der Waals surface area contributed by atoms with Crippen molar-refractivity contribution in [1.82, 2.24) is 10.2 Å². The lowest BCUT2D eigenvalue weighted by atomic mass is 10.3. The van der Waals surface area contributed by atoms with Crippen LogP contribution in [0.5, 0.6) is 0 Å². The highest BCUT2D eigenvalue weighted by atomic mass is 16.5. The van der Waals surface area contributed by atoms with Crippen molar-refractivity contribution < 1.29 is 9.84 Å². The zero-order valence-corrected chi connectivity index (χ0v) is 9.73. The number of aliphatic hydroxyl groups excluding tert-OH is 1. The van der Waals surface area contributed by atoms with Crippen LogP contribution in [0.1, 0.15) is 13.3 Å². The minimum atomic E-state index is -0.413. The van der Waals surface area contributed by atoms with Gasteiger partial charge in [0.1, 0.15) is 0 Å². The topological polar surface area (TPSA) is 57.1 Å². The Morgan fingerprint density at radius 2 is 2.47 bits per heavy atom. The van der Waals surface area contributed by atoms with E-state index in [0.717, 1.165) is 12.5 Å². The van der Waals surface area contributed by atoms with Crippen LogP contribution in [0.2, 0.25) is 0 Å². The number of methoxy groups -OCH3 is 1. The molecule has 0 amide bonds. The highest BCUT2D eigenvalue weighted by Gasteiger charge is 2.19. The van der Waals surface area contributed by atoms with Gasteiger partial charge in [-0.2, -0.15) is 0 Å². The van der Waals surface area contributed by atoms with E-state index in [0.29, 0.717) is 25.6 Å². The maximum absolute atomic E-state index is 9.41. The van der Waals surface area contributed by atoms with Gasteiger partial charge in [-0.05, 0) is 13.3 Å². The Kier molecular flexibility index (Phi) is 4.84. The Bertz CT molecular complexity index is 221. The van der Waals surface area contributed by atoms with Gasteiger partial charge in [-0.3, -0.25) is 4.99 Å². The van der Waals surface area contributed by atoms with Crippen LogP contribution in [-0.4, -0.2) is 62.0 Å². The molecule has 1 fully saturated rings. The summed E-state index contributed by atoms with van der Waals surface area (Å²) < 4.78 is 4.84. The van der Waals surface area contributed by atoms with Crippen molar-refractivity contribution in [3.8, 4) is 0 Å². The number of hydrogen-bond donors (Lipinski definition) is 2. The average Bonchev–Trinajstić information content (AvgIpc) is 2.46. The van der Waals surface area contributed by atoms with Crippen molar-refractivity contribution in [2.75, 3.05) is 33.9 Å². The van der Waals surface area contributed by atoms with Crippen molar-refractivity contribution in [3.63, 3.8) is 0 Å². The normalized spacial score (nSPS) is 25.7. The minimum absolute atomic E-state index is 0.379. The average molecular weight is 215 g/mol. The molecule has 1 heterocycles. The van der Waals surface area contributed by atoms with E-state index in [1.165, 1.54) is 0 Å². The van der Waals surface area contributed by atoms with Gasteiger partial charge in [-0.25, -0.2) is 0 Å². The maximum atomic E-state index is 9.41. The Labute approximate surface area is 91.1 Å². The molecule has 2 atom stereocenters. The van der Waals surface area contributed by atoms with Crippen LogP contribution in [0, 0.1) is 0 Å². The van der Waals surface area contributed by atoms with Crippen LogP contribution in [0.15, 0.2) is 4.99 Å². The number of likely N-dealkylation sites (N-methyl/N-ethyl adjacent to an activating group) is 1. The second kappa shape index (κ2) is 5.92. The predicted molar refractivity (Wildman–Crippen MR) is 60.0 cm³/mol. The summed E-state index contributed by atoms with van der Waals surface area (Å²) in [6, 6.07) is 0.456. The lowest BCUT2D eigenvalue weighted by molar-refractivity contribution is 0.0609. The van der Waals surface area contributed by atoms with Gasteiger partial charge in [0.15, 0.2) is 5.96 Å². The Hall–Kier alpha value is -0.810. The van der Waals surface area contributed by atoms with Crippen molar-refractivity contribution in [1.29, 1.82) is 0 Å². The third-order valence-electron chi connectivity index (χ3n) is 2.37. The first-order chi connectivity index (χ1) is 7.13. The van der Waals surface area contributed by atoms with Crippen LogP contribution in [-0.2, 0) is 4.74 Å². The molecular weight excluding hydrogens is 194 g/mol. The van der Waals surface area contributed by atoms with Gasteiger partial charge in [0.05, 0.1) is 12.7 Å². The molecule has 2 N–H and O–H groups in total. The summed E-state index contributed by atoms with van der Waals surface area (Å²) in [5, 5.41) is 12.7. The van der Waals surface area contributed by atoms with E-state index in [1.807, 2.05) is 7.05 Å². The number of nitrogens with one attached hydrogen (secondary N) is 1. The van der Waals surface area contributed by atoms with E-state index >= 15 is 0 Å². The van der Waals surface area contributed by atoms with E-state index in [-0.39, 0.29) is 0 Å². The van der Waals surface area contributed by atoms with E-state index < -0.39 is 6.10 Å². The lowest BCUT2D eigenvalue weighted by Gasteiger charge is -2.11. The molecule has 0 saturated carbocycles. The summed E-state index contributed by atoms with van der Waals surface area (Å²) in [7, 11) is 3.60. The van der Waals surface area contributed by atoms with E-state index in [2.05, 4.69) is 22.1 Å². The SMILES string of the molecule is COCC(O)CCN=C1NC(C)CN1C. The number of nitrogens with zero attached hydrogens (tertiary/aromatic N) is 2. The molecule has 1 aliphatic rings. The van der Waals surface area contributed by atoms with Gasteiger partial charge in [-0.15, -0.1) is 0 Å². The molecule has 1 rings (SSSR count). The Balaban J connectivity index is 2.26. The van der Waals surface area contributed by atoms with Gasteiger partial charge >= 0.3 is 0 Å². The molecule has 88 valence electrons.